The average Bonchev–Trinajstić information content (AvgIpc) is 2.77. The molecule has 2 heterocycles. The molecule has 28 heavy (non-hydrogen) atoms. The van der Waals surface area contributed by atoms with Gasteiger partial charge in [0.1, 0.15) is 5.75 Å². The van der Waals surface area contributed by atoms with Gasteiger partial charge in [-0.3, -0.25) is 4.79 Å². The molecule has 0 atom stereocenters. The van der Waals surface area contributed by atoms with Crippen LogP contribution in [0, 0.1) is 0 Å². The van der Waals surface area contributed by atoms with Gasteiger partial charge in [0, 0.05) is 26.2 Å². The van der Waals surface area contributed by atoms with Crippen LogP contribution in [0.2, 0.25) is 0 Å². The van der Waals surface area contributed by atoms with Crippen LogP contribution >= 0.6 is 0 Å². The summed E-state index contributed by atoms with van der Waals surface area (Å²) in [4.78, 5) is 20.2. The molecule has 0 bridgehead atoms. The molecule has 2 aliphatic heterocycles. The summed E-state index contributed by atoms with van der Waals surface area (Å²) < 4.78 is 5.41. The molecule has 5 heteroatoms. The number of anilines is 2. The van der Waals surface area contributed by atoms with Crippen LogP contribution in [0.3, 0.4) is 0 Å². The van der Waals surface area contributed by atoms with Crippen molar-refractivity contribution in [2.75, 3.05) is 56.2 Å². The lowest BCUT2D eigenvalue weighted by atomic mass is 10.1. The topological polar surface area (TPSA) is 36.0 Å². The highest BCUT2D eigenvalue weighted by molar-refractivity contribution is 6.10. The molecule has 2 aromatic carbocycles. The summed E-state index contributed by atoms with van der Waals surface area (Å²) >= 11 is 0. The number of benzene rings is 2. The first kappa shape index (κ1) is 18.8. The third-order valence-corrected chi connectivity index (χ3v) is 5.82. The van der Waals surface area contributed by atoms with Crippen molar-refractivity contribution in [3.05, 3.63) is 54.1 Å². The molecule has 2 aromatic rings. The number of nitrogens with zero attached hydrogens (tertiary/aromatic N) is 3. The molecule has 2 aliphatic rings. The number of piperidine rings is 1. The maximum atomic E-state index is 13.3. The van der Waals surface area contributed by atoms with Gasteiger partial charge in [-0.25, -0.2) is 0 Å². The van der Waals surface area contributed by atoms with E-state index in [1.54, 1.807) is 7.11 Å². The van der Waals surface area contributed by atoms with Crippen molar-refractivity contribution < 1.29 is 9.53 Å². The lowest BCUT2D eigenvalue weighted by Gasteiger charge is -2.39. The number of likely N-dealkylation sites (tertiary alicyclic amines) is 1. The minimum Gasteiger partial charge on any atom is -0.496 e. The van der Waals surface area contributed by atoms with E-state index in [-0.39, 0.29) is 5.91 Å². The summed E-state index contributed by atoms with van der Waals surface area (Å²) in [7, 11) is 1.61. The molecule has 0 N–H and O–H groups in total. The Bertz CT molecular complexity index is 817. The predicted molar refractivity (Wildman–Crippen MR) is 114 cm³/mol. The van der Waals surface area contributed by atoms with E-state index in [9.17, 15) is 4.79 Å². The minimum absolute atomic E-state index is 0.000538. The normalized spacial score (nSPS) is 17.3. The number of fused-ring (bicyclic) bond motifs is 1. The molecule has 0 aromatic heterocycles. The zero-order valence-electron chi connectivity index (χ0n) is 16.6. The fourth-order valence-corrected chi connectivity index (χ4v) is 4.28. The van der Waals surface area contributed by atoms with E-state index in [4.69, 9.17) is 4.74 Å². The Labute approximate surface area is 167 Å². The number of ether oxygens (including phenoxy) is 1. The number of amides is 1. The van der Waals surface area contributed by atoms with Crippen LogP contribution in [-0.4, -0.2) is 57.2 Å². The van der Waals surface area contributed by atoms with E-state index in [0.29, 0.717) is 17.9 Å². The van der Waals surface area contributed by atoms with Gasteiger partial charge in [0.15, 0.2) is 0 Å². The molecular formula is C23H29N3O2. The zero-order valence-corrected chi connectivity index (χ0v) is 16.6. The molecule has 0 aliphatic carbocycles. The lowest BCUT2D eigenvalue weighted by molar-refractivity contribution is 0.0983. The first-order chi connectivity index (χ1) is 13.8. The van der Waals surface area contributed by atoms with Gasteiger partial charge in [0.2, 0.25) is 0 Å². The largest absolute Gasteiger partial charge is 0.496 e. The van der Waals surface area contributed by atoms with Crippen molar-refractivity contribution in [2.45, 2.75) is 19.3 Å². The fraction of sp³-hybridized carbons (Fsp3) is 0.435. The van der Waals surface area contributed by atoms with Gasteiger partial charge in [-0.1, -0.05) is 30.7 Å². The second-order valence-corrected chi connectivity index (χ2v) is 7.54. The van der Waals surface area contributed by atoms with E-state index >= 15 is 0 Å². The van der Waals surface area contributed by atoms with E-state index in [1.807, 2.05) is 35.2 Å². The molecule has 1 fully saturated rings. The van der Waals surface area contributed by atoms with Crippen LogP contribution in [0.15, 0.2) is 48.5 Å². The maximum absolute atomic E-state index is 13.3. The van der Waals surface area contributed by atoms with Crippen molar-refractivity contribution in [2.24, 2.45) is 0 Å². The highest BCUT2D eigenvalue weighted by Gasteiger charge is 2.28. The van der Waals surface area contributed by atoms with Gasteiger partial charge in [0.05, 0.1) is 24.0 Å². The number of hydrogen-bond acceptors (Lipinski definition) is 4. The molecule has 148 valence electrons. The minimum atomic E-state index is 0.000538. The Morgan fingerprint density at radius 3 is 2.36 bits per heavy atom. The highest BCUT2D eigenvalue weighted by Crippen LogP contribution is 2.34. The first-order valence-corrected chi connectivity index (χ1v) is 10.3. The Morgan fingerprint density at radius 1 is 0.857 bits per heavy atom. The second-order valence-electron chi connectivity index (χ2n) is 7.54. The van der Waals surface area contributed by atoms with Crippen LogP contribution in [-0.2, 0) is 0 Å². The fourth-order valence-electron chi connectivity index (χ4n) is 4.28. The van der Waals surface area contributed by atoms with Gasteiger partial charge in [-0.2, -0.15) is 0 Å². The monoisotopic (exact) mass is 379 g/mol. The highest BCUT2D eigenvalue weighted by atomic mass is 16.5. The molecular weight excluding hydrogens is 350 g/mol. The number of carbonyl (C=O) groups excluding carboxylic acids is 1. The summed E-state index contributed by atoms with van der Waals surface area (Å²) in [5.41, 5.74) is 2.75. The van der Waals surface area contributed by atoms with Crippen LogP contribution in [0.4, 0.5) is 11.4 Å². The predicted octanol–water partition coefficient (Wildman–Crippen LogP) is 3.65. The summed E-state index contributed by atoms with van der Waals surface area (Å²) in [6.45, 7) is 6.07. The Hall–Kier alpha value is -2.53. The van der Waals surface area contributed by atoms with E-state index < -0.39 is 0 Å². The Balaban J connectivity index is 1.53. The second kappa shape index (κ2) is 8.65. The molecule has 1 amide bonds. The van der Waals surface area contributed by atoms with Gasteiger partial charge in [-0.05, 0) is 50.2 Å². The van der Waals surface area contributed by atoms with E-state index in [0.717, 1.165) is 31.0 Å². The van der Waals surface area contributed by atoms with Crippen molar-refractivity contribution >= 4 is 17.3 Å². The molecule has 5 nitrogen and oxygen atoms in total. The number of para-hydroxylation sites is 3. The standard InChI is InChI=1S/C23H29N3O2/c1-28-22-12-6-3-9-19(22)23(27)26-18-17-25(20-10-4-5-11-21(20)26)16-15-24-13-7-2-8-14-24/h3-6,9-12H,2,7-8,13-18H2,1H3. The van der Waals surface area contributed by atoms with Gasteiger partial charge in [-0.15, -0.1) is 0 Å². The molecule has 0 radical (unpaired) electrons. The average molecular weight is 380 g/mol. The smallest absolute Gasteiger partial charge is 0.262 e. The van der Waals surface area contributed by atoms with Gasteiger partial charge < -0.3 is 19.4 Å². The van der Waals surface area contributed by atoms with E-state index in [2.05, 4.69) is 28.0 Å². The Morgan fingerprint density at radius 2 is 1.57 bits per heavy atom. The third kappa shape index (κ3) is 3.85. The lowest BCUT2D eigenvalue weighted by Crippen LogP contribution is -2.46. The van der Waals surface area contributed by atoms with Gasteiger partial charge >= 0.3 is 0 Å². The van der Waals surface area contributed by atoms with Crippen LogP contribution in [0.1, 0.15) is 29.6 Å². The quantitative estimate of drug-likeness (QED) is 0.795. The summed E-state index contributed by atoms with van der Waals surface area (Å²) in [5.74, 6) is 0.623. The SMILES string of the molecule is COc1ccccc1C(=O)N1CCN(CCN2CCCCC2)c2ccccc21. The molecule has 4 rings (SSSR count). The summed E-state index contributed by atoms with van der Waals surface area (Å²) in [6.07, 6.45) is 4.00. The third-order valence-electron chi connectivity index (χ3n) is 5.82. The van der Waals surface area contributed by atoms with Crippen molar-refractivity contribution in [3.8, 4) is 5.75 Å². The zero-order chi connectivity index (χ0) is 19.3. The van der Waals surface area contributed by atoms with Crippen molar-refractivity contribution in [1.82, 2.24) is 4.90 Å². The van der Waals surface area contributed by atoms with Crippen LogP contribution < -0.4 is 14.5 Å². The van der Waals surface area contributed by atoms with Crippen molar-refractivity contribution in [3.63, 3.8) is 0 Å². The number of rotatable bonds is 5. The summed E-state index contributed by atoms with van der Waals surface area (Å²) in [6, 6.07) is 15.7. The molecule has 0 saturated carbocycles. The molecule has 0 unspecified atom stereocenters. The number of carbonyl (C=O) groups is 1. The first-order valence-electron chi connectivity index (χ1n) is 10.3. The summed E-state index contributed by atoms with van der Waals surface area (Å²) in [5, 5.41) is 0. The Kier molecular flexibility index (Phi) is 5.81. The molecule has 0 spiro atoms. The maximum Gasteiger partial charge on any atom is 0.262 e. The van der Waals surface area contributed by atoms with Crippen LogP contribution in [0.25, 0.3) is 0 Å². The van der Waals surface area contributed by atoms with Crippen molar-refractivity contribution in [1.29, 1.82) is 0 Å². The van der Waals surface area contributed by atoms with Crippen LogP contribution in [0.5, 0.6) is 5.75 Å². The molecule has 1 saturated heterocycles. The number of hydrogen-bond donors (Lipinski definition) is 0. The van der Waals surface area contributed by atoms with Gasteiger partial charge in [0.25, 0.3) is 5.91 Å². The van der Waals surface area contributed by atoms with E-state index in [1.165, 1.54) is 32.4 Å². The number of methoxy groups -OCH3 is 1.